The van der Waals surface area contributed by atoms with E-state index >= 15 is 0 Å². The smallest absolute Gasteiger partial charge is 0.321 e. The number of amides is 1. The predicted octanol–water partition coefficient (Wildman–Crippen LogP) is -1.10. The molecule has 0 aromatic carbocycles. The fourth-order valence-electron chi connectivity index (χ4n) is 1.67. The van der Waals surface area contributed by atoms with E-state index in [1.807, 2.05) is 0 Å². The number of hydrogen-bond acceptors (Lipinski definition) is 5. The third kappa shape index (κ3) is 4.21. The van der Waals surface area contributed by atoms with Crippen LogP contribution in [0.15, 0.2) is 5.11 Å². The molecule has 1 amide bonds. The van der Waals surface area contributed by atoms with Crippen LogP contribution < -0.4 is 11.1 Å². The van der Waals surface area contributed by atoms with Gasteiger partial charge in [-0.1, -0.05) is 5.11 Å². The molecule has 4 N–H and O–H groups in total. The highest BCUT2D eigenvalue weighted by Crippen LogP contribution is 2.12. The first-order valence-corrected chi connectivity index (χ1v) is 5.55. The number of rotatable bonds is 6. The van der Waals surface area contributed by atoms with Crippen molar-refractivity contribution in [1.29, 1.82) is 0 Å². The van der Waals surface area contributed by atoms with Crippen LogP contribution in [0.2, 0.25) is 0 Å². The Kier molecular flexibility index (Phi) is 5.37. The number of likely N-dealkylation sites (tertiary alicyclic amines) is 1. The number of nitrogens with zero attached hydrogens (tertiary/aromatic N) is 4. The van der Waals surface area contributed by atoms with Crippen molar-refractivity contribution in [2.24, 2.45) is 10.8 Å². The number of aliphatic carboxylic acids is 1. The van der Waals surface area contributed by atoms with Gasteiger partial charge >= 0.3 is 5.97 Å². The predicted molar refractivity (Wildman–Crippen MR) is 62.6 cm³/mol. The van der Waals surface area contributed by atoms with Crippen molar-refractivity contribution in [3.05, 3.63) is 10.4 Å². The van der Waals surface area contributed by atoms with Gasteiger partial charge in [-0.05, 0) is 12.0 Å². The summed E-state index contributed by atoms with van der Waals surface area (Å²) >= 11 is 0. The summed E-state index contributed by atoms with van der Waals surface area (Å²) < 4.78 is 0. The monoisotopic (exact) mass is 256 g/mol. The normalized spacial score (nSPS) is 20.3. The standard InChI is InChI=1S/C9H16N6O3/c10-7(9(17)18)3-12-4-8(16)15-2-1-6(5-15)13-14-11/h6-7,12H,1-5,10H2,(H,17,18)/t6?,7-/m0/s1. The molecule has 1 aliphatic rings. The molecule has 0 saturated carbocycles. The molecule has 0 spiro atoms. The number of carboxylic acids is 1. The second-order valence-corrected chi connectivity index (χ2v) is 4.06. The van der Waals surface area contributed by atoms with Gasteiger partial charge in [-0.25, -0.2) is 0 Å². The first kappa shape index (κ1) is 14.2. The third-order valence-electron chi connectivity index (χ3n) is 2.69. The summed E-state index contributed by atoms with van der Waals surface area (Å²) in [5, 5.41) is 14.8. The maximum absolute atomic E-state index is 11.7. The van der Waals surface area contributed by atoms with Crippen LogP contribution in [0.5, 0.6) is 0 Å². The molecule has 2 atom stereocenters. The van der Waals surface area contributed by atoms with Crippen LogP contribution in [0.25, 0.3) is 10.4 Å². The molecule has 0 aromatic heterocycles. The van der Waals surface area contributed by atoms with Gasteiger partial charge in [0.05, 0.1) is 12.6 Å². The molecule has 100 valence electrons. The van der Waals surface area contributed by atoms with Gasteiger partial charge in [-0.2, -0.15) is 0 Å². The maximum atomic E-state index is 11.7. The van der Waals surface area contributed by atoms with Crippen molar-refractivity contribution in [3.63, 3.8) is 0 Å². The lowest BCUT2D eigenvalue weighted by Crippen LogP contribution is -2.44. The molecule has 1 aliphatic heterocycles. The molecule has 1 fully saturated rings. The number of carbonyl (C=O) groups excluding carboxylic acids is 1. The van der Waals surface area contributed by atoms with Crippen molar-refractivity contribution < 1.29 is 14.7 Å². The fraction of sp³-hybridized carbons (Fsp3) is 0.778. The topological polar surface area (TPSA) is 144 Å². The van der Waals surface area contributed by atoms with E-state index < -0.39 is 12.0 Å². The number of nitrogens with one attached hydrogen (secondary N) is 1. The van der Waals surface area contributed by atoms with Crippen molar-refractivity contribution in [2.45, 2.75) is 18.5 Å². The summed E-state index contributed by atoms with van der Waals surface area (Å²) in [6.45, 7) is 1.03. The second-order valence-electron chi connectivity index (χ2n) is 4.06. The summed E-state index contributed by atoms with van der Waals surface area (Å²) in [5.41, 5.74) is 13.6. The fourth-order valence-corrected chi connectivity index (χ4v) is 1.67. The molecule has 0 bridgehead atoms. The summed E-state index contributed by atoms with van der Waals surface area (Å²) in [5.74, 6) is -1.26. The Balaban J connectivity index is 2.26. The van der Waals surface area contributed by atoms with Crippen LogP contribution in [0, 0.1) is 0 Å². The highest BCUT2D eigenvalue weighted by Gasteiger charge is 2.25. The van der Waals surface area contributed by atoms with Crippen molar-refractivity contribution in [3.8, 4) is 0 Å². The van der Waals surface area contributed by atoms with E-state index in [0.29, 0.717) is 19.5 Å². The number of hydrogen-bond donors (Lipinski definition) is 3. The quantitative estimate of drug-likeness (QED) is 0.314. The number of carbonyl (C=O) groups is 2. The van der Waals surface area contributed by atoms with Crippen LogP contribution >= 0.6 is 0 Å². The summed E-state index contributed by atoms with van der Waals surface area (Å²) in [6.07, 6.45) is 0.657. The van der Waals surface area contributed by atoms with E-state index in [9.17, 15) is 9.59 Å². The van der Waals surface area contributed by atoms with Crippen LogP contribution in [-0.4, -0.2) is 60.1 Å². The van der Waals surface area contributed by atoms with Crippen LogP contribution in [-0.2, 0) is 9.59 Å². The first-order valence-electron chi connectivity index (χ1n) is 5.55. The van der Waals surface area contributed by atoms with E-state index in [1.54, 1.807) is 4.90 Å². The molecule has 0 aromatic rings. The SMILES string of the molecule is [N-]=[N+]=NC1CCN(C(=O)CNC[C@H](N)C(=O)O)C1. The Morgan fingerprint density at radius 1 is 1.67 bits per heavy atom. The van der Waals surface area contributed by atoms with Gasteiger partial charge in [0.1, 0.15) is 6.04 Å². The van der Waals surface area contributed by atoms with Gasteiger partial charge in [0, 0.05) is 24.5 Å². The van der Waals surface area contributed by atoms with Crippen LogP contribution in [0.3, 0.4) is 0 Å². The molecule has 1 rings (SSSR count). The Morgan fingerprint density at radius 2 is 2.39 bits per heavy atom. The zero-order valence-corrected chi connectivity index (χ0v) is 9.82. The molecule has 1 heterocycles. The molecule has 9 nitrogen and oxygen atoms in total. The Morgan fingerprint density at radius 3 is 3.00 bits per heavy atom. The highest BCUT2D eigenvalue weighted by molar-refractivity contribution is 5.79. The second kappa shape index (κ2) is 6.80. The number of nitrogens with two attached hydrogens (primary N) is 1. The summed E-state index contributed by atoms with van der Waals surface area (Å²) in [7, 11) is 0. The lowest BCUT2D eigenvalue weighted by Gasteiger charge is -2.16. The highest BCUT2D eigenvalue weighted by atomic mass is 16.4. The molecular formula is C9H16N6O3. The molecular weight excluding hydrogens is 240 g/mol. The number of azide groups is 1. The minimum Gasteiger partial charge on any atom is -0.480 e. The van der Waals surface area contributed by atoms with Gasteiger partial charge in [0.15, 0.2) is 0 Å². The van der Waals surface area contributed by atoms with Crippen LogP contribution in [0.4, 0.5) is 0 Å². The zero-order chi connectivity index (χ0) is 13.5. The molecule has 1 unspecified atom stereocenters. The summed E-state index contributed by atoms with van der Waals surface area (Å²) in [4.78, 5) is 26.4. The molecule has 0 aliphatic carbocycles. The largest absolute Gasteiger partial charge is 0.480 e. The number of carboxylic acid groups (broad SMARTS) is 1. The van der Waals surface area contributed by atoms with E-state index in [2.05, 4.69) is 15.3 Å². The zero-order valence-electron chi connectivity index (χ0n) is 9.82. The molecule has 9 heteroatoms. The lowest BCUT2D eigenvalue weighted by atomic mass is 10.3. The Labute approximate surface area is 104 Å². The van der Waals surface area contributed by atoms with Crippen LogP contribution in [0.1, 0.15) is 6.42 Å². The van der Waals surface area contributed by atoms with Crippen molar-refractivity contribution in [1.82, 2.24) is 10.2 Å². The van der Waals surface area contributed by atoms with E-state index in [-0.39, 0.29) is 25.0 Å². The Hall–Kier alpha value is -1.83. The van der Waals surface area contributed by atoms with E-state index in [0.717, 1.165) is 0 Å². The minimum absolute atomic E-state index is 0.0317. The van der Waals surface area contributed by atoms with Gasteiger partial charge in [-0.3, -0.25) is 9.59 Å². The van der Waals surface area contributed by atoms with Crippen molar-refractivity contribution >= 4 is 11.9 Å². The first-order chi connectivity index (χ1) is 8.54. The average Bonchev–Trinajstić information content (AvgIpc) is 2.77. The maximum Gasteiger partial charge on any atom is 0.321 e. The van der Waals surface area contributed by atoms with Gasteiger partial charge in [0.25, 0.3) is 0 Å². The molecule has 1 saturated heterocycles. The van der Waals surface area contributed by atoms with Crippen molar-refractivity contribution in [2.75, 3.05) is 26.2 Å². The van der Waals surface area contributed by atoms with Gasteiger partial charge in [-0.15, -0.1) is 0 Å². The van der Waals surface area contributed by atoms with Gasteiger partial charge in [0.2, 0.25) is 5.91 Å². The lowest BCUT2D eigenvalue weighted by molar-refractivity contribution is -0.138. The molecule has 0 radical (unpaired) electrons. The third-order valence-corrected chi connectivity index (χ3v) is 2.69. The minimum atomic E-state index is -1.11. The average molecular weight is 256 g/mol. The Bertz CT molecular complexity index is 367. The molecule has 18 heavy (non-hydrogen) atoms. The van der Waals surface area contributed by atoms with E-state index in [4.69, 9.17) is 16.4 Å². The van der Waals surface area contributed by atoms with Gasteiger partial charge < -0.3 is 21.1 Å². The van der Waals surface area contributed by atoms with E-state index in [1.165, 1.54) is 0 Å². The summed E-state index contributed by atoms with van der Waals surface area (Å²) in [6, 6.07) is -1.19.